The molecule has 0 radical (unpaired) electrons. The summed E-state index contributed by atoms with van der Waals surface area (Å²) >= 11 is 0. The second-order valence-electron chi connectivity index (χ2n) is 6.90. The number of fused-ring (bicyclic) bond motifs is 1. The SMILES string of the molecule is Cc1c(C)n(-c2ccccc2)c2ncn(CC(=O)NCc3cccnc3)c(=O)c12. The molecule has 0 saturated heterocycles. The van der Waals surface area contributed by atoms with Crippen LogP contribution >= 0.6 is 0 Å². The van der Waals surface area contributed by atoms with Gasteiger partial charge in [-0.25, -0.2) is 4.98 Å². The lowest BCUT2D eigenvalue weighted by Crippen LogP contribution is -2.32. The molecule has 29 heavy (non-hydrogen) atoms. The molecule has 0 unspecified atom stereocenters. The number of para-hydroxylation sites is 1. The van der Waals surface area contributed by atoms with Crippen LogP contribution in [0.3, 0.4) is 0 Å². The Kier molecular flexibility index (Phi) is 4.95. The Morgan fingerprint density at radius 1 is 1.10 bits per heavy atom. The van der Waals surface area contributed by atoms with E-state index in [1.54, 1.807) is 12.4 Å². The molecule has 4 aromatic rings. The highest BCUT2D eigenvalue weighted by atomic mass is 16.2. The first kappa shape index (κ1) is 18.6. The molecule has 7 nitrogen and oxygen atoms in total. The van der Waals surface area contributed by atoms with Crippen LogP contribution < -0.4 is 10.9 Å². The van der Waals surface area contributed by atoms with Crippen molar-refractivity contribution in [2.45, 2.75) is 26.9 Å². The molecule has 0 spiro atoms. The van der Waals surface area contributed by atoms with Crippen molar-refractivity contribution in [2.75, 3.05) is 0 Å². The minimum Gasteiger partial charge on any atom is -0.350 e. The van der Waals surface area contributed by atoms with Crippen LogP contribution in [0.25, 0.3) is 16.7 Å². The van der Waals surface area contributed by atoms with Crippen molar-refractivity contribution >= 4 is 16.9 Å². The van der Waals surface area contributed by atoms with Gasteiger partial charge in [0, 0.05) is 30.3 Å². The predicted octanol–water partition coefficient (Wildman–Crippen LogP) is 2.52. The molecule has 146 valence electrons. The second kappa shape index (κ2) is 7.71. The third-order valence-electron chi connectivity index (χ3n) is 5.02. The number of rotatable bonds is 5. The van der Waals surface area contributed by atoms with Gasteiger partial charge in [-0.15, -0.1) is 0 Å². The van der Waals surface area contributed by atoms with Gasteiger partial charge in [0.15, 0.2) is 5.65 Å². The summed E-state index contributed by atoms with van der Waals surface area (Å²) in [5, 5.41) is 3.34. The summed E-state index contributed by atoms with van der Waals surface area (Å²) in [5.74, 6) is -0.256. The van der Waals surface area contributed by atoms with Crippen LogP contribution in [-0.4, -0.2) is 25.0 Å². The Hall–Kier alpha value is -3.74. The number of benzene rings is 1. The number of carbonyl (C=O) groups excluding carboxylic acids is 1. The maximum Gasteiger partial charge on any atom is 0.263 e. The van der Waals surface area contributed by atoms with Crippen molar-refractivity contribution < 1.29 is 4.79 Å². The molecule has 3 heterocycles. The molecular formula is C22H21N5O2. The minimum absolute atomic E-state index is 0.0863. The van der Waals surface area contributed by atoms with Crippen LogP contribution in [0.1, 0.15) is 16.8 Å². The van der Waals surface area contributed by atoms with Crippen LogP contribution in [-0.2, 0) is 17.9 Å². The smallest absolute Gasteiger partial charge is 0.263 e. The van der Waals surface area contributed by atoms with Crippen LogP contribution in [0.5, 0.6) is 0 Å². The van der Waals surface area contributed by atoms with Gasteiger partial charge in [0.1, 0.15) is 12.9 Å². The molecule has 0 saturated carbocycles. The van der Waals surface area contributed by atoms with E-state index in [1.165, 1.54) is 10.9 Å². The zero-order chi connectivity index (χ0) is 20.4. The van der Waals surface area contributed by atoms with E-state index in [9.17, 15) is 9.59 Å². The van der Waals surface area contributed by atoms with E-state index in [-0.39, 0.29) is 18.0 Å². The molecule has 1 amide bonds. The molecule has 7 heteroatoms. The topological polar surface area (TPSA) is 81.8 Å². The van der Waals surface area contributed by atoms with Gasteiger partial charge < -0.3 is 5.32 Å². The largest absolute Gasteiger partial charge is 0.350 e. The summed E-state index contributed by atoms with van der Waals surface area (Å²) in [6, 6.07) is 13.5. The number of amides is 1. The Labute approximate surface area is 167 Å². The molecule has 0 atom stereocenters. The Morgan fingerprint density at radius 3 is 2.62 bits per heavy atom. The van der Waals surface area contributed by atoms with Crippen molar-refractivity contribution in [3.8, 4) is 5.69 Å². The number of hydrogen-bond acceptors (Lipinski definition) is 4. The van der Waals surface area contributed by atoms with E-state index in [2.05, 4.69) is 15.3 Å². The standard InChI is InChI=1S/C22H21N5O2/c1-15-16(2)27(18-8-4-3-5-9-18)21-20(15)22(29)26(14-25-21)13-19(28)24-12-17-7-6-10-23-11-17/h3-11,14H,12-13H2,1-2H3,(H,24,28). The number of pyridine rings is 1. The minimum atomic E-state index is -0.256. The Morgan fingerprint density at radius 2 is 1.90 bits per heavy atom. The van der Waals surface area contributed by atoms with E-state index >= 15 is 0 Å². The number of aryl methyl sites for hydroxylation is 1. The number of nitrogens with zero attached hydrogens (tertiary/aromatic N) is 4. The molecule has 0 aliphatic rings. The number of aromatic nitrogens is 4. The lowest BCUT2D eigenvalue weighted by molar-refractivity contribution is -0.121. The van der Waals surface area contributed by atoms with Crippen molar-refractivity contribution in [3.63, 3.8) is 0 Å². The van der Waals surface area contributed by atoms with E-state index in [4.69, 9.17) is 0 Å². The summed E-state index contributed by atoms with van der Waals surface area (Å²) in [7, 11) is 0. The van der Waals surface area contributed by atoms with E-state index in [0.717, 1.165) is 22.5 Å². The van der Waals surface area contributed by atoms with Gasteiger partial charge in [-0.05, 0) is 43.2 Å². The molecule has 4 rings (SSSR count). The highest BCUT2D eigenvalue weighted by Crippen LogP contribution is 2.24. The van der Waals surface area contributed by atoms with E-state index in [1.807, 2.05) is 60.9 Å². The van der Waals surface area contributed by atoms with Crippen molar-refractivity contribution in [3.05, 3.63) is 88.4 Å². The Balaban J connectivity index is 1.64. The van der Waals surface area contributed by atoms with Crippen LogP contribution in [0.15, 0.2) is 66.0 Å². The molecule has 0 aliphatic heterocycles. The van der Waals surface area contributed by atoms with Gasteiger partial charge in [-0.2, -0.15) is 0 Å². The third-order valence-corrected chi connectivity index (χ3v) is 5.02. The summed E-state index contributed by atoms with van der Waals surface area (Å²) < 4.78 is 3.32. The van der Waals surface area contributed by atoms with Gasteiger partial charge in [-0.3, -0.25) is 23.7 Å². The van der Waals surface area contributed by atoms with Crippen LogP contribution in [0.2, 0.25) is 0 Å². The highest BCUT2D eigenvalue weighted by molar-refractivity contribution is 5.83. The highest BCUT2D eigenvalue weighted by Gasteiger charge is 2.18. The lowest BCUT2D eigenvalue weighted by Gasteiger charge is -2.09. The van der Waals surface area contributed by atoms with Gasteiger partial charge in [0.05, 0.1) is 5.39 Å². The fourth-order valence-electron chi connectivity index (χ4n) is 3.41. The number of hydrogen-bond donors (Lipinski definition) is 1. The first-order valence-corrected chi connectivity index (χ1v) is 9.34. The summed E-state index contributed by atoms with van der Waals surface area (Å²) in [5.41, 5.74) is 4.04. The predicted molar refractivity (Wildman–Crippen MR) is 111 cm³/mol. The molecule has 3 aromatic heterocycles. The van der Waals surface area contributed by atoms with Crippen LogP contribution in [0, 0.1) is 13.8 Å². The summed E-state index contributed by atoms with van der Waals surface area (Å²) in [4.78, 5) is 33.9. The average Bonchev–Trinajstić information content (AvgIpc) is 3.01. The quantitative estimate of drug-likeness (QED) is 0.570. The first-order chi connectivity index (χ1) is 14.1. The molecule has 0 fully saturated rings. The summed E-state index contributed by atoms with van der Waals surface area (Å²) in [6.45, 7) is 4.15. The van der Waals surface area contributed by atoms with Gasteiger partial charge in [0.2, 0.25) is 5.91 Å². The van der Waals surface area contributed by atoms with Gasteiger partial charge in [0.25, 0.3) is 5.56 Å². The van der Waals surface area contributed by atoms with Crippen molar-refractivity contribution in [2.24, 2.45) is 0 Å². The molecule has 0 bridgehead atoms. The number of nitrogens with one attached hydrogen (secondary N) is 1. The first-order valence-electron chi connectivity index (χ1n) is 9.34. The monoisotopic (exact) mass is 387 g/mol. The maximum absolute atomic E-state index is 13.1. The zero-order valence-electron chi connectivity index (χ0n) is 16.3. The molecule has 1 N–H and O–H groups in total. The number of carbonyl (C=O) groups is 1. The van der Waals surface area contributed by atoms with Crippen molar-refractivity contribution in [1.82, 2.24) is 24.4 Å². The lowest BCUT2D eigenvalue weighted by atomic mass is 10.2. The van der Waals surface area contributed by atoms with E-state index < -0.39 is 0 Å². The Bertz CT molecular complexity index is 1230. The normalized spacial score (nSPS) is 11.0. The molecular weight excluding hydrogens is 366 g/mol. The fourth-order valence-corrected chi connectivity index (χ4v) is 3.41. The van der Waals surface area contributed by atoms with E-state index in [0.29, 0.717) is 17.6 Å². The fraction of sp³-hybridized carbons (Fsp3) is 0.182. The zero-order valence-corrected chi connectivity index (χ0v) is 16.3. The molecule has 1 aromatic carbocycles. The van der Waals surface area contributed by atoms with Crippen LogP contribution in [0.4, 0.5) is 0 Å². The molecule has 0 aliphatic carbocycles. The third kappa shape index (κ3) is 3.54. The summed E-state index contributed by atoms with van der Waals surface area (Å²) in [6.07, 6.45) is 4.81. The van der Waals surface area contributed by atoms with Gasteiger partial charge >= 0.3 is 0 Å². The second-order valence-corrected chi connectivity index (χ2v) is 6.90. The van der Waals surface area contributed by atoms with Crippen molar-refractivity contribution in [1.29, 1.82) is 0 Å². The average molecular weight is 387 g/mol. The van der Waals surface area contributed by atoms with Gasteiger partial charge in [-0.1, -0.05) is 24.3 Å². The maximum atomic E-state index is 13.1.